The van der Waals surface area contributed by atoms with Crippen molar-refractivity contribution in [1.82, 2.24) is 10.4 Å². The van der Waals surface area contributed by atoms with E-state index in [9.17, 15) is 0 Å². The van der Waals surface area contributed by atoms with Gasteiger partial charge in [0.2, 0.25) is 0 Å². The highest BCUT2D eigenvalue weighted by Crippen LogP contribution is 2.25. The van der Waals surface area contributed by atoms with Crippen LogP contribution >= 0.6 is 0 Å². The van der Waals surface area contributed by atoms with Gasteiger partial charge in [-0.1, -0.05) is 6.92 Å². The van der Waals surface area contributed by atoms with Gasteiger partial charge in [0, 0.05) is 6.54 Å². The number of nitrogens with one attached hydrogen (secondary N) is 1. The monoisotopic (exact) mass is 178 g/mol. The highest BCUT2D eigenvalue weighted by atomic mass is 15.6. The number of hydrogen-bond donors (Lipinski definition) is 1. The van der Waals surface area contributed by atoms with Crippen LogP contribution in [0.3, 0.4) is 0 Å². The lowest BCUT2D eigenvalue weighted by molar-refractivity contribution is 0.256. The molecule has 0 spiro atoms. The average Bonchev–Trinajstić information content (AvgIpc) is 2.12. The second kappa shape index (κ2) is 2.96. The van der Waals surface area contributed by atoms with Crippen LogP contribution in [-0.4, -0.2) is 11.6 Å². The van der Waals surface area contributed by atoms with Gasteiger partial charge in [0.1, 0.15) is 0 Å². The Hall–Kier alpha value is -1.16. The Morgan fingerprint density at radius 2 is 2.23 bits per heavy atom. The Bertz CT molecular complexity index is 314. The number of hydrogen-bond acceptors (Lipinski definition) is 4. The first-order chi connectivity index (χ1) is 6.18. The van der Waals surface area contributed by atoms with Crippen LogP contribution in [0.2, 0.25) is 0 Å². The molecule has 2 aliphatic rings. The minimum absolute atomic E-state index is 0.524. The van der Waals surface area contributed by atoms with Crippen molar-refractivity contribution in [3.05, 3.63) is 23.3 Å². The van der Waals surface area contributed by atoms with E-state index in [1.165, 1.54) is 0 Å². The molecule has 2 heterocycles. The predicted molar refractivity (Wildman–Crippen MR) is 50.3 cm³/mol. The predicted octanol–water partition coefficient (Wildman–Crippen LogP) is 2.00. The maximum atomic E-state index is 4.12. The fourth-order valence-electron chi connectivity index (χ4n) is 1.43. The van der Waals surface area contributed by atoms with Gasteiger partial charge in [-0.05, 0) is 25.8 Å². The van der Waals surface area contributed by atoms with Gasteiger partial charge in [-0.15, -0.1) is 5.11 Å². The van der Waals surface area contributed by atoms with E-state index < -0.39 is 0 Å². The van der Waals surface area contributed by atoms with E-state index in [1.54, 1.807) is 0 Å². The standard InChI is InChI=1S/C9H14N4/c1-6-4-9-12-11-7(2)8(3)13(9)10-5-6/h4,6,10H,5H2,1-3H3. The van der Waals surface area contributed by atoms with Gasteiger partial charge in [0.15, 0.2) is 5.82 Å². The van der Waals surface area contributed by atoms with Crippen molar-refractivity contribution in [2.75, 3.05) is 6.54 Å². The first-order valence-corrected chi connectivity index (χ1v) is 4.53. The third-order valence-corrected chi connectivity index (χ3v) is 2.40. The topological polar surface area (TPSA) is 40.0 Å². The smallest absolute Gasteiger partial charge is 0.166 e. The zero-order valence-corrected chi connectivity index (χ0v) is 8.20. The molecule has 0 aromatic heterocycles. The molecule has 0 fully saturated rings. The van der Waals surface area contributed by atoms with Crippen LogP contribution in [0, 0.1) is 5.92 Å². The zero-order valence-electron chi connectivity index (χ0n) is 8.20. The highest BCUT2D eigenvalue weighted by molar-refractivity contribution is 5.19. The fraction of sp³-hybridized carbons (Fsp3) is 0.556. The third-order valence-electron chi connectivity index (χ3n) is 2.40. The van der Waals surface area contributed by atoms with Crippen LogP contribution in [0.1, 0.15) is 20.8 Å². The molecular formula is C9H14N4. The van der Waals surface area contributed by atoms with Crippen molar-refractivity contribution in [2.45, 2.75) is 20.8 Å². The minimum Gasteiger partial charge on any atom is -0.261 e. The number of azo groups is 1. The summed E-state index contributed by atoms with van der Waals surface area (Å²) in [5.41, 5.74) is 5.41. The molecule has 1 atom stereocenters. The van der Waals surface area contributed by atoms with E-state index in [-0.39, 0.29) is 0 Å². The number of rotatable bonds is 0. The summed E-state index contributed by atoms with van der Waals surface area (Å²) < 4.78 is 0. The molecule has 1 unspecified atom stereocenters. The van der Waals surface area contributed by atoms with E-state index in [2.05, 4.69) is 28.7 Å². The molecule has 4 heteroatoms. The van der Waals surface area contributed by atoms with E-state index >= 15 is 0 Å². The lowest BCUT2D eigenvalue weighted by atomic mass is 10.1. The second-order valence-electron chi connectivity index (χ2n) is 3.57. The maximum Gasteiger partial charge on any atom is 0.166 e. The van der Waals surface area contributed by atoms with E-state index in [1.807, 2.05) is 18.9 Å². The number of allylic oxidation sites excluding steroid dienone is 2. The summed E-state index contributed by atoms with van der Waals surface area (Å²) in [5, 5.41) is 10.2. The van der Waals surface area contributed by atoms with Gasteiger partial charge in [0.05, 0.1) is 11.4 Å². The van der Waals surface area contributed by atoms with E-state index in [0.29, 0.717) is 5.92 Å². The van der Waals surface area contributed by atoms with Crippen molar-refractivity contribution in [2.24, 2.45) is 16.1 Å². The summed E-state index contributed by atoms with van der Waals surface area (Å²) in [6, 6.07) is 0. The largest absolute Gasteiger partial charge is 0.261 e. The summed E-state index contributed by atoms with van der Waals surface area (Å²) in [6.07, 6.45) is 2.13. The molecular weight excluding hydrogens is 164 g/mol. The fourth-order valence-corrected chi connectivity index (χ4v) is 1.43. The van der Waals surface area contributed by atoms with E-state index in [4.69, 9.17) is 0 Å². The second-order valence-corrected chi connectivity index (χ2v) is 3.57. The van der Waals surface area contributed by atoms with Crippen LogP contribution in [0.5, 0.6) is 0 Å². The minimum atomic E-state index is 0.524. The van der Waals surface area contributed by atoms with Crippen molar-refractivity contribution >= 4 is 0 Å². The molecule has 0 radical (unpaired) electrons. The summed E-state index contributed by atoms with van der Waals surface area (Å²) in [7, 11) is 0. The van der Waals surface area contributed by atoms with Gasteiger partial charge < -0.3 is 0 Å². The average molecular weight is 178 g/mol. The van der Waals surface area contributed by atoms with Crippen molar-refractivity contribution < 1.29 is 0 Å². The number of fused-ring (bicyclic) bond motifs is 1. The van der Waals surface area contributed by atoms with Crippen molar-refractivity contribution in [3.8, 4) is 0 Å². The molecule has 0 aliphatic carbocycles. The molecule has 1 N–H and O–H groups in total. The Labute approximate surface area is 78.0 Å². The summed E-state index contributed by atoms with van der Waals surface area (Å²) in [5.74, 6) is 1.44. The zero-order chi connectivity index (χ0) is 9.42. The lowest BCUT2D eigenvalue weighted by Gasteiger charge is -2.33. The van der Waals surface area contributed by atoms with Gasteiger partial charge in [-0.2, -0.15) is 5.11 Å². The molecule has 2 rings (SSSR count). The normalized spacial score (nSPS) is 27.5. The van der Waals surface area contributed by atoms with Crippen molar-refractivity contribution in [1.29, 1.82) is 0 Å². The van der Waals surface area contributed by atoms with Gasteiger partial charge in [0.25, 0.3) is 0 Å². The molecule has 0 saturated heterocycles. The lowest BCUT2D eigenvalue weighted by Crippen LogP contribution is -2.42. The first-order valence-electron chi connectivity index (χ1n) is 4.53. The van der Waals surface area contributed by atoms with Gasteiger partial charge in [-0.3, -0.25) is 5.01 Å². The summed E-state index contributed by atoms with van der Waals surface area (Å²) in [4.78, 5) is 0. The van der Waals surface area contributed by atoms with Crippen LogP contribution in [-0.2, 0) is 0 Å². The Morgan fingerprint density at radius 3 is 3.00 bits per heavy atom. The van der Waals surface area contributed by atoms with Crippen LogP contribution in [0.15, 0.2) is 33.5 Å². The molecule has 13 heavy (non-hydrogen) atoms. The quantitative estimate of drug-likeness (QED) is 0.616. The Morgan fingerprint density at radius 1 is 1.46 bits per heavy atom. The van der Waals surface area contributed by atoms with Crippen LogP contribution in [0.4, 0.5) is 0 Å². The Kier molecular flexibility index (Phi) is 1.92. The van der Waals surface area contributed by atoms with Crippen LogP contribution < -0.4 is 5.43 Å². The molecule has 0 amide bonds. The SMILES string of the molecule is CC1=C(C)N2NCC(C)C=C2N=N1. The number of nitrogens with zero attached hydrogens (tertiary/aromatic N) is 3. The van der Waals surface area contributed by atoms with Crippen LogP contribution in [0.25, 0.3) is 0 Å². The Balaban J connectivity index is 2.35. The first kappa shape index (κ1) is 8.44. The molecule has 0 aromatic carbocycles. The molecule has 2 aliphatic heterocycles. The maximum absolute atomic E-state index is 4.12. The number of hydrazine groups is 1. The van der Waals surface area contributed by atoms with Crippen molar-refractivity contribution in [3.63, 3.8) is 0 Å². The van der Waals surface area contributed by atoms with Gasteiger partial charge in [-0.25, -0.2) is 5.43 Å². The summed E-state index contributed by atoms with van der Waals surface area (Å²) in [6.45, 7) is 7.14. The van der Waals surface area contributed by atoms with Gasteiger partial charge >= 0.3 is 0 Å². The highest BCUT2D eigenvalue weighted by Gasteiger charge is 2.22. The molecule has 70 valence electrons. The molecule has 0 bridgehead atoms. The molecule has 0 saturated carbocycles. The van der Waals surface area contributed by atoms with E-state index in [0.717, 1.165) is 23.8 Å². The molecule has 4 nitrogen and oxygen atoms in total. The third kappa shape index (κ3) is 1.37. The molecule has 0 aromatic rings. The summed E-state index contributed by atoms with van der Waals surface area (Å²) >= 11 is 0.